The standard InChI is InChI=1S/C16H16N4/c1-17-14-5-11-6-15(20-16(11)19-9-14)13-4-12(7-18-8-13)10-2-3-10/h4-10,17H,2-3H2,1H3,(H,19,20). The van der Waals surface area contributed by atoms with Crippen molar-refractivity contribution in [1.29, 1.82) is 0 Å². The van der Waals surface area contributed by atoms with Gasteiger partial charge in [0.05, 0.1) is 11.9 Å². The molecule has 20 heavy (non-hydrogen) atoms. The van der Waals surface area contributed by atoms with E-state index < -0.39 is 0 Å². The van der Waals surface area contributed by atoms with Crippen LogP contribution in [-0.2, 0) is 0 Å². The Morgan fingerprint density at radius 1 is 1.15 bits per heavy atom. The molecule has 1 saturated carbocycles. The van der Waals surface area contributed by atoms with Crippen LogP contribution in [0.5, 0.6) is 0 Å². The largest absolute Gasteiger partial charge is 0.387 e. The lowest BCUT2D eigenvalue weighted by Crippen LogP contribution is -1.88. The molecule has 0 bridgehead atoms. The maximum Gasteiger partial charge on any atom is 0.137 e. The van der Waals surface area contributed by atoms with Gasteiger partial charge in [0, 0.05) is 36.1 Å². The smallest absolute Gasteiger partial charge is 0.137 e. The molecule has 0 amide bonds. The zero-order valence-electron chi connectivity index (χ0n) is 11.4. The molecule has 2 N–H and O–H groups in total. The fraction of sp³-hybridized carbons (Fsp3) is 0.250. The van der Waals surface area contributed by atoms with Crippen LogP contribution in [0.15, 0.2) is 36.8 Å². The number of nitrogens with one attached hydrogen (secondary N) is 2. The van der Waals surface area contributed by atoms with Crippen LogP contribution >= 0.6 is 0 Å². The predicted molar refractivity (Wildman–Crippen MR) is 80.8 cm³/mol. The third-order valence-corrected chi connectivity index (χ3v) is 3.88. The van der Waals surface area contributed by atoms with E-state index in [1.165, 1.54) is 18.4 Å². The number of nitrogens with zero attached hydrogens (tertiary/aromatic N) is 2. The van der Waals surface area contributed by atoms with E-state index in [4.69, 9.17) is 0 Å². The fourth-order valence-electron chi connectivity index (χ4n) is 2.55. The Bertz CT molecular complexity index is 771. The summed E-state index contributed by atoms with van der Waals surface area (Å²) in [4.78, 5) is 12.2. The molecular formula is C16H16N4. The molecule has 1 aliphatic carbocycles. The van der Waals surface area contributed by atoms with Crippen molar-refractivity contribution in [3.05, 3.63) is 42.4 Å². The Balaban J connectivity index is 1.79. The van der Waals surface area contributed by atoms with Gasteiger partial charge >= 0.3 is 0 Å². The summed E-state index contributed by atoms with van der Waals surface area (Å²) in [5, 5.41) is 4.23. The molecule has 1 fully saturated rings. The lowest BCUT2D eigenvalue weighted by molar-refractivity contribution is 1.09. The van der Waals surface area contributed by atoms with Crippen molar-refractivity contribution in [2.45, 2.75) is 18.8 Å². The van der Waals surface area contributed by atoms with Crippen LogP contribution in [0.4, 0.5) is 5.69 Å². The van der Waals surface area contributed by atoms with Gasteiger partial charge in [0.2, 0.25) is 0 Å². The number of aromatic amines is 1. The van der Waals surface area contributed by atoms with E-state index in [9.17, 15) is 0 Å². The van der Waals surface area contributed by atoms with Crippen molar-refractivity contribution in [2.24, 2.45) is 0 Å². The van der Waals surface area contributed by atoms with Crippen molar-refractivity contribution < 1.29 is 0 Å². The number of hydrogen-bond donors (Lipinski definition) is 2. The Morgan fingerprint density at radius 3 is 2.85 bits per heavy atom. The third-order valence-electron chi connectivity index (χ3n) is 3.88. The fourth-order valence-corrected chi connectivity index (χ4v) is 2.55. The monoisotopic (exact) mass is 264 g/mol. The van der Waals surface area contributed by atoms with Crippen molar-refractivity contribution in [2.75, 3.05) is 12.4 Å². The quantitative estimate of drug-likeness (QED) is 0.760. The van der Waals surface area contributed by atoms with Crippen LogP contribution in [-0.4, -0.2) is 22.0 Å². The molecule has 4 nitrogen and oxygen atoms in total. The molecular weight excluding hydrogens is 248 g/mol. The van der Waals surface area contributed by atoms with Gasteiger partial charge in [-0.15, -0.1) is 0 Å². The predicted octanol–water partition coefficient (Wildman–Crippen LogP) is 3.54. The first kappa shape index (κ1) is 11.5. The van der Waals surface area contributed by atoms with E-state index in [1.807, 2.05) is 25.6 Å². The minimum absolute atomic E-state index is 0.723. The van der Waals surface area contributed by atoms with Crippen LogP contribution < -0.4 is 5.32 Å². The highest BCUT2D eigenvalue weighted by atomic mass is 14.9. The number of H-pyrrole nitrogens is 1. The van der Waals surface area contributed by atoms with Crippen LogP contribution in [0.25, 0.3) is 22.3 Å². The van der Waals surface area contributed by atoms with Crippen LogP contribution in [0.2, 0.25) is 0 Å². The lowest BCUT2D eigenvalue weighted by Gasteiger charge is -2.01. The molecule has 1 aliphatic rings. The van der Waals surface area contributed by atoms with E-state index in [-0.39, 0.29) is 0 Å². The topological polar surface area (TPSA) is 53.6 Å². The molecule has 0 unspecified atom stereocenters. The van der Waals surface area contributed by atoms with Gasteiger partial charge in [-0.25, -0.2) is 4.98 Å². The molecule has 0 atom stereocenters. The summed E-state index contributed by atoms with van der Waals surface area (Å²) in [6, 6.07) is 6.48. The molecule has 3 heterocycles. The van der Waals surface area contributed by atoms with Gasteiger partial charge in [-0.2, -0.15) is 0 Å². The normalized spacial score (nSPS) is 14.7. The van der Waals surface area contributed by atoms with Gasteiger partial charge < -0.3 is 10.3 Å². The SMILES string of the molecule is CNc1cnc2[nH]c(-c3cncc(C4CC4)c3)cc2c1. The van der Waals surface area contributed by atoms with E-state index in [2.05, 4.69) is 38.5 Å². The number of fused-ring (bicyclic) bond motifs is 1. The number of pyridine rings is 2. The summed E-state index contributed by atoms with van der Waals surface area (Å²) in [7, 11) is 1.90. The average molecular weight is 264 g/mol. The summed E-state index contributed by atoms with van der Waals surface area (Å²) in [5.41, 5.74) is 5.50. The molecule has 4 heteroatoms. The van der Waals surface area contributed by atoms with E-state index in [0.29, 0.717) is 0 Å². The molecule has 0 aromatic carbocycles. The van der Waals surface area contributed by atoms with Crippen molar-refractivity contribution in [1.82, 2.24) is 15.0 Å². The minimum Gasteiger partial charge on any atom is -0.387 e. The Hall–Kier alpha value is -2.36. The average Bonchev–Trinajstić information content (AvgIpc) is 3.26. The second-order valence-corrected chi connectivity index (χ2v) is 5.38. The van der Waals surface area contributed by atoms with Crippen molar-refractivity contribution in [3.8, 4) is 11.3 Å². The van der Waals surface area contributed by atoms with E-state index >= 15 is 0 Å². The Labute approximate surface area is 117 Å². The Kier molecular flexibility index (Phi) is 2.49. The van der Waals surface area contributed by atoms with Gasteiger partial charge in [-0.3, -0.25) is 4.98 Å². The first-order valence-electron chi connectivity index (χ1n) is 6.95. The van der Waals surface area contributed by atoms with E-state index in [1.54, 1.807) is 0 Å². The minimum atomic E-state index is 0.723. The highest BCUT2D eigenvalue weighted by Gasteiger charge is 2.24. The molecule has 3 aromatic heterocycles. The molecule has 0 radical (unpaired) electrons. The van der Waals surface area contributed by atoms with Crippen molar-refractivity contribution in [3.63, 3.8) is 0 Å². The third kappa shape index (κ3) is 1.93. The zero-order valence-corrected chi connectivity index (χ0v) is 11.4. The van der Waals surface area contributed by atoms with Gasteiger partial charge in [-0.05, 0) is 42.5 Å². The van der Waals surface area contributed by atoms with E-state index in [0.717, 1.165) is 33.9 Å². The number of hydrogen-bond acceptors (Lipinski definition) is 3. The molecule has 3 aromatic rings. The highest BCUT2D eigenvalue weighted by Crippen LogP contribution is 2.40. The number of rotatable bonds is 3. The molecule has 0 aliphatic heterocycles. The molecule has 0 spiro atoms. The van der Waals surface area contributed by atoms with Gasteiger partial charge in [0.1, 0.15) is 5.65 Å². The lowest BCUT2D eigenvalue weighted by atomic mass is 10.1. The van der Waals surface area contributed by atoms with Crippen LogP contribution in [0.3, 0.4) is 0 Å². The number of aromatic nitrogens is 3. The summed E-state index contributed by atoms with van der Waals surface area (Å²) in [6.45, 7) is 0. The van der Waals surface area contributed by atoms with Gasteiger partial charge in [0.15, 0.2) is 0 Å². The zero-order chi connectivity index (χ0) is 13.5. The maximum absolute atomic E-state index is 4.43. The molecule has 0 saturated heterocycles. The second kappa shape index (κ2) is 4.34. The van der Waals surface area contributed by atoms with Gasteiger partial charge in [0.25, 0.3) is 0 Å². The summed E-state index contributed by atoms with van der Waals surface area (Å²) in [6.07, 6.45) is 8.33. The molecule has 100 valence electrons. The first-order chi connectivity index (χ1) is 9.83. The highest BCUT2D eigenvalue weighted by molar-refractivity contribution is 5.85. The second-order valence-electron chi connectivity index (χ2n) is 5.38. The van der Waals surface area contributed by atoms with Crippen LogP contribution in [0, 0.1) is 0 Å². The van der Waals surface area contributed by atoms with Crippen LogP contribution in [0.1, 0.15) is 24.3 Å². The maximum atomic E-state index is 4.43. The Morgan fingerprint density at radius 2 is 2.05 bits per heavy atom. The van der Waals surface area contributed by atoms with Gasteiger partial charge in [-0.1, -0.05) is 0 Å². The summed E-state index contributed by atoms with van der Waals surface area (Å²) < 4.78 is 0. The molecule has 4 rings (SSSR count). The first-order valence-corrected chi connectivity index (χ1v) is 6.95. The summed E-state index contributed by atoms with van der Waals surface area (Å²) in [5.74, 6) is 0.723. The summed E-state index contributed by atoms with van der Waals surface area (Å²) >= 11 is 0. The van der Waals surface area contributed by atoms with Crippen molar-refractivity contribution >= 4 is 16.7 Å². The number of anilines is 1.